The number of fused-ring (bicyclic) bond motifs is 1. The summed E-state index contributed by atoms with van der Waals surface area (Å²) in [5.41, 5.74) is 1.81. The number of aromatic nitrogens is 4. The summed E-state index contributed by atoms with van der Waals surface area (Å²) in [7, 11) is -1.79. The summed E-state index contributed by atoms with van der Waals surface area (Å²) in [4.78, 5) is 13.7. The summed E-state index contributed by atoms with van der Waals surface area (Å²) in [6.07, 6.45) is 1.81. The van der Waals surface area contributed by atoms with Gasteiger partial charge in [-0.05, 0) is 31.2 Å². The van der Waals surface area contributed by atoms with E-state index in [4.69, 9.17) is 5.14 Å². The van der Waals surface area contributed by atoms with Gasteiger partial charge in [-0.3, -0.25) is 4.68 Å². The fourth-order valence-electron chi connectivity index (χ4n) is 3.38. The molecule has 9 nitrogen and oxygen atoms in total. The summed E-state index contributed by atoms with van der Waals surface area (Å²) in [5.74, 6) is 1.64. The van der Waals surface area contributed by atoms with Gasteiger partial charge in [-0.1, -0.05) is 0 Å². The molecule has 1 aliphatic heterocycles. The summed E-state index contributed by atoms with van der Waals surface area (Å²) in [5, 5.41) is 10.4. The normalized spacial score (nSPS) is 15.5. The van der Waals surface area contributed by atoms with Crippen molar-refractivity contribution in [1.29, 1.82) is 0 Å². The second-order valence-electron chi connectivity index (χ2n) is 6.61. The molecule has 0 bridgehead atoms. The molecule has 0 radical (unpaired) electrons. The van der Waals surface area contributed by atoms with Gasteiger partial charge < -0.3 is 9.80 Å². The van der Waals surface area contributed by atoms with Gasteiger partial charge in [-0.15, -0.1) is 0 Å². The van der Waals surface area contributed by atoms with Gasteiger partial charge in [-0.2, -0.15) is 5.10 Å². The monoisotopic (exact) mass is 387 g/mol. The molecule has 3 heterocycles. The van der Waals surface area contributed by atoms with E-state index in [9.17, 15) is 8.42 Å². The number of aryl methyl sites for hydroxylation is 2. The van der Waals surface area contributed by atoms with Crippen molar-refractivity contribution >= 4 is 32.6 Å². The molecule has 1 fully saturated rings. The molecule has 1 aliphatic rings. The maximum Gasteiger partial charge on any atom is 0.238 e. The molecule has 142 valence electrons. The number of nitrogens with two attached hydrogens (primary N) is 1. The lowest BCUT2D eigenvalue weighted by atomic mass is 10.2. The maximum atomic E-state index is 11.4. The Balaban J connectivity index is 1.53. The highest BCUT2D eigenvalue weighted by molar-refractivity contribution is 7.89. The minimum atomic E-state index is -3.67. The van der Waals surface area contributed by atoms with E-state index in [-0.39, 0.29) is 4.90 Å². The molecule has 0 amide bonds. The average molecular weight is 387 g/mol. The Morgan fingerprint density at radius 2 is 1.63 bits per heavy atom. The number of hydrogen-bond donors (Lipinski definition) is 1. The quantitative estimate of drug-likeness (QED) is 0.702. The van der Waals surface area contributed by atoms with Crippen LogP contribution in [0.3, 0.4) is 0 Å². The van der Waals surface area contributed by atoms with E-state index in [1.165, 1.54) is 0 Å². The van der Waals surface area contributed by atoms with Crippen molar-refractivity contribution in [1.82, 2.24) is 19.7 Å². The van der Waals surface area contributed by atoms with E-state index in [1.807, 2.05) is 20.2 Å². The number of anilines is 2. The van der Waals surface area contributed by atoms with Crippen LogP contribution < -0.4 is 14.9 Å². The lowest BCUT2D eigenvalue weighted by Crippen LogP contribution is -2.47. The van der Waals surface area contributed by atoms with Gasteiger partial charge in [0.15, 0.2) is 5.65 Å². The van der Waals surface area contributed by atoms with Crippen LogP contribution in [0.25, 0.3) is 11.0 Å². The molecule has 0 aliphatic carbocycles. The third kappa shape index (κ3) is 3.33. The SMILES string of the molecule is Cc1nc(N2CCN(c3ccc(S(N)(=O)=O)cc3)CC2)c2cnn(C)c2n1. The van der Waals surface area contributed by atoms with E-state index >= 15 is 0 Å². The van der Waals surface area contributed by atoms with Crippen LogP contribution in [0.5, 0.6) is 0 Å². The standard InChI is InChI=1S/C17H21N7O2S/c1-12-20-16-15(11-19-22(16)2)17(21-12)24-9-7-23(8-10-24)13-3-5-14(6-4-13)27(18,25)26/h3-6,11H,7-10H2,1-2H3,(H2,18,25,26). The molecule has 2 N–H and O–H groups in total. The third-order valence-electron chi connectivity index (χ3n) is 4.79. The summed E-state index contributed by atoms with van der Waals surface area (Å²) in [6.45, 7) is 5.10. The zero-order valence-electron chi connectivity index (χ0n) is 15.2. The first-order valence-electron chi connectivity index (χ1n) is 8.62. The molecule has 10 heteroatoms. The molecule has 1 aromatic carbocycles. The second kappa shape index (κ2) is 6.46. The molecule has 0 atom stereocenters. The summed E-state index contributed by atoms with van der Waals surface area (Å²) < 4.78 is 24.6. The van der Waals surface area contributed by atoms with Crippen molar-refractivity contribution in [2.24, 2.45) is 12.2 Å². The van der Waals surface area contributed by atoms with Crippen LogP contribution in [-0.4, -0.2) is 54.3 Å². The highest BCUT2D eigenvalue weighted by Gasteiger charge is 2.22. The molecular formula is C17H21N7O2S. The van der Waals surface area contributed by atoms with E-state index < -0.39 is 10.0 Å². The number of nitrogens with zero attached hydrogens (tertiary/aromatic N) is 6. The van der Waals surface area contributed by atoms with Crippen molar-refractivity contribution in [2.75, 3.05) is 36.0 Å². The smallest absolute Gasteiger partial charge is 0.238 e. The first-order valence-corrected chi connectivity index (χ1v) is 10.2. The number of benzene rings is 1. The van der Waals surface area contributed by atoms with Crippen LogP contribution in [0.1, 0.15) is 5.82 Å². The third-order valence-corrected chi connectivity index (χ3v) is 5.72. The van der Waals surface area contributed by atoms with E-state index in [0.717, 1.165) is 54.5 Å². The molecule has 4 rings (SSSR count). The van der Waals surface area contributed by atoms with Crippen molar-refractivity contribution in [3.63, 3.8) is 0 Å². The van der Waals surface area contributed by atoms with Crippen molar-refractivity contribution < 1.29 is 8.42 Å². The summed E-state index contributed by atoms with van der Waals surface area (Å²) in [6, 6.07) is 6.68. The number of sulfonamides is 1. The van der Waals surface area contributed by atoms with E-state index in [1.54, 1.807) is 28.9 Å². The Labute approximate surface area is 157 Å². The fraction of sp³-hybridized carbons (Fsp3) is 0.353. The van der Waals surface area contributed by atoms with Crippen LogP contribution in [0.15, 0.2) is 35.4 Å². The number of hydrogen-bond acceptors (Lipinski definition) is 7. The lowest BCUT2D eigenvalue weighted by molar-refractivity contribution is 0.597. The van der Waals surface area contributed by atoms with Gasteiger partial charge in [0.25, 0.3) is 0 Å². The van der Waals surface area contributed by atoms with Gasteiger partial charge in [0.2, 0.25) is 10.0 Å². The number of rotatable bonds is 3. The zero-order chi connectivity index (χ0) is 19.2. The first kappa shape index (κ1) is 17.7. The first-order chi connectivity index (χ1) is 12.8. The van der Waals surface area contributed by atoms with Gasteiger partial charge in [0, 0.05) is 38.9 Å². The second-order valence-corrected chi connectivity index (χ2v) is 8.17. The van der Waals surface area contributed by atoms with Gasteiger partial charge in [0.05, 0.1) is 16.5 Å². The van der Waals surface area contributed by atoms with Crippen LogP contribution in [0.4, 0.5) is 11.5 Å². The maximum absolute atomic E-state index is 11.4. The van der Waals surface area contributed by atoms with Crippen LogP contribution in [0, 0.1) is 6.92 Å². The summed E-state index contributed by atoms with van der Waals surface area (Å²) >= 11 is 0. The zero-order valence-corrected chi connectivity index (χ0v) is 16.0. The van der Waals surface area contributed by atoms with Crippen LogP contribution in [-0.2, 0) is 17.1 Å². The molecule has 0 unspecified atom stereocenters. The van der Waals surface area contributed by atoms with Crippen molar-refractivity contribution in [3.8, 4) is 0 Å². The Kier molecular flexibility index (Phi) is 4.23. The molecule has 0 spiro atoms. The van der Waals surface area contributed by atoms with Gasteiger partial charge >= 0.3 is 0 Å². The minimum absolute atomic E-state index is 0.125. The Morgan fingerprint density at radius 1 is 1.00 bits per heavy atom. The lowest BCUT2D eigenvalue weighted by Gasteiger charge is -2.37. The van der Waals surface area contributed by atoms with Crippen molar-refractivity contribution in [2.45, 2.75) is 11.8 Å². The van der Waals surface area contributed by atoms with Gasteiger partial charge in [-0.25, -0.2) is 23.5 Å². The Bertz CT molecular complexity index is 1080. The highest BCUT2D eigenvalue weighted by Crippen LogP contribution is 2.26. The Hall–Kier alpha value is -2.72. The van der Waals surface area contributed by atoms with Crippen LogP contribution >= 0.6 is 0 Å². The molecular weight excluding hydrogens is 366 g/mol. The largest absolute Gasteiger partial charge is 0.368 e. The number of piperazine rings is 1. The van der Waals surface area contributed by atoms with E-state index in [2.05, 4.69) is 24.9 Å². The number of primary sulfonamides is 1. The molecule has 3 aromatic rings. The molecule has 1 saturated heterocycles. The fourth-order valence-corrected chi connectivity index (χ4v) is 3.89. The predicted molar refractivity (Wildman–Crippen MR) is 103 cm³/mol. The van der Waals surface area contributed by atoms with Crippen LogP contribution in [0.2, 0.25) is 0 Å². The van der Waals surface area contributed by atoms with E-state index in [0.29, 0.717) is 0 Å². The minimum Gasteiger partial charge on any atom is -0.368 e. The predicted octanol–water partition coefficient (Wildman–Crippen LogP) is 0.646. The molecule has 0 saturated carbocycles. The van der Waals surface area contributed by atoms with Crippen molar-refractivity contribution in [3.05, 3.63) is 36.3 Å². The topological polar surface area (TPSA) is 110 Å². The van der Waals surface area contributed by atoms with Gasteiger partial charge in [0.1, 0.15) is 11.6 Å². The highest BCUT2D eigenvalue weighted by atomic mass is 32.2. The average Bonchev–Trinajstić information content (AvgIpc) is 3.01. The molecule has 2 aromatic heterocycles. The Morgan fingerprint density at radius 3 is 2.26 bits per heavy atom. The molecule has 27 heavy (non-hydrogen) atoms.